The first-order chi connectivity index (χ1) is 13.7. The lowest BCUT2D eigenvalue weighted by molar-refractivity contribution is 0.140. The van der Waals surface area contributed by atoms with E-state index in [0.29, 0.717) is 11.8 Å². The summed E-state index contributed by atoms with van der Waals surface area (Å²) >= 11 is 0. The summed E-state index contributed by atoms with van der Waals surface area (Å²) in [6, 6.07) is 11.0. The molecular weight excluding hydrogens is 473 g/mol. The van der Waals surface area contributed by atoms with E-state index in [2.05, 4.69) is 71.1 Å². The lowest BCUT2D eigenvalue weighted by Crippen LogP contribution is -2.49. The Kier molecular flexibility index (Phi) is 10.7. The molecule has 2 aliphatic heterocycles. The minimum atomic E-state index is 0. The fourth-order valence-corrected chi connectivity index (χ4v) is 4.59. The van der Waals surface area contributed by atoms with Crippen molar-refractivity contribution in [2.24, 2.45) is 10.9 Å². The first-order valence-electron chi connectivity index (χ1n) is 11.2. The summed E-state index contributed by atoms with van der Waals surface area (Å²) in [5, 5.41) is 3.53. The van der Waals surface area contributed by atoms with Gasteiger partial charge in [0.1, 0.15) is 0 Å². The van der Waals surface area contributed by atoms with Gasteiger partial charge in [-0.3, -0.25) is 9.89 Å². The van der Waals surface area contributed by atoms with Gasteiger partial charge in [0.2, 0.25) is 0 Å². The number of guanidine groups is 1. The van der Waals surface area contributed by atoms with Crippen molar-refractivity contribution in [1.82, 2.24) is 20.0 Å². The van der Waals surface area contributed by atoms with Gasteiger partial charge in [-0.2, -0.15) is 0 Å². The highest BCUT2D eigenvalue weighted by Gasteiger charge is 2.28. The van der Waals surface area contributed by atoms with Crippen LogP contribution in [0.4, 0.5) is 0 Å². The highest BCUT2D eigenvalue weighted by molar-refractivity contribution is 14.0. The van der Waals surface area contributed by atoms with E-state index in [9.17, 15) is 0 Å². The van der Waals surface area contributed by atoms with Crippen molar-refractivity contribution >= 4 is 29.9 Å². The molecule has 1 N–H and O–H groups in total. The lowest BCUT2D eigenvalue weighted by atomic mass is 9.82. The number of hydrogen-bond donors (Lipinski definition) is 1. The zero-order valence-electron chi connectivity index (χ0n) is 18.5. The summed E-state index contributed by atoms with van der Waals surface area (Å²) in [6.07, 6.45) is 1.20. The SMILES string of the molecule is CCNC(=NCCN1CCN(CC)CC1)N1CCC(c2ccccc2)C(C)C1.I. The molecule has 2 heterocycles. The van der Waals surface area contributed by atoms with E-state index < -0.39 is 0 Å². The zero-order valence-corrected chi connectivity index (χ0v) is 20.8. The fourth-order valence-electron chi connectivity index (χ4n) is 4.59. The molecule has 0 spiro atoms. The predicted molar refractivity (Wildman–Crippen MR) is 134 cm³/mol. The Labute approximate surface area is 194 Å². The largest absolute Gasteiger partial charge is 0.357 e. The Hall–Kier alpha value is -0.860. The maximum absolute atomic E-state index is 4.98. The molecule has 1 aromatic rings. The van der Waals surface area contributed by atoms with Crippen LogP contribution in [-0.4, -0.2) is 86.1 Å². The number of likely N-dealkylation sites (N-methyl/N-ethyl adjacent to an activating group) is 1. The Bertz CT molecular complexity index is 601. The normalized spacial score (nSPS) is 24.2. The molecule has 0 aliphatic carbocycles. The van der Waals surface area contributed by atoms with Gasteiger partial charge in [0.25, 0.3) is 0 Å². The molecule has 3 rings (SSSR count). The summed E-state index contributed by atoms with van der Waals surface area (Å²) in [7, 11) is 0. The molecule has 1 aromatic carbocycles. The van der Waals surface area contributed by atoms with Crippen LogP contribution in [0.1, 0.15) is 38.7 Å². The third-order valence-electron chi connectivity index (χ3n) is 6.36. The molecule has 29 heavy (non-hydrogen) atoms. The predicted octanol–water partition coefficient (Wildman–Crippen LogP) is 3.33. The number of piperazine rings is 1. The molecule has 0 bridgehead atoms. The van der Waals surface area contributed by atoms with Crippen molar-refractivity contribution in [1.29, 1.82) is 0 Å². The van der Waals surface area contributed by atoms with Gasteiger partial charge in [-0.1, -0.05) is 44.2 Å². The maximum Gasteiger partial charge on any atom is 0.193 e. The lowest BCUT2D eigenvalue weighted by Gasteiger charge is -2.39. The van der Waals surface area contributed by atoms with E-state index in [1.807, 2.05) is 0 Å². The van der Waals surface area contributed by atoms with E-state index in [1.165, 1.54) is 44.7 Å². The van der Waals surface area contributed by atoms with E-state index >= 15 is 0 Å². The standard InChI is InChI=1S/C23H39N5.HI/c1-4-24-23(25-12-14-27-17-15-26(5-2)16-18-27)28-13-11-22(20(3)19-28)21-9-7-6-8-10-21;/h6-10,20,22H,4-5,11-19H2,1-3H3,(H,24,25);1H. The van der Waals surface area contributed by atoms with E-state index in [4.69, 9.17) is 4.99 Å². The molecule has 2 saturated heterocycles. The maximum atomic E-state index is 4.98. The Morgan fingerprint density at radius 2 is 1.72 bits per heavy atom. The van der Waals surface area contributed by atoms with Gasteiger partial charge >= 0.3 is 0 Å². The number of nitrogens with zero attached hydrogens (tertiary/aromatic N) is 4. The topological polar surface area (TPSA) is 34.1 Å². The average molecular weight is 514 g/mol. The van der Waals surface area contributed by atoms with Crippen molar-refractivity contribution < 1.29 is 0 Å². The minimum Gasteiger partial charge on any atom is -0.357 e. The molecule has 5 nitrogen and oxygen atoms in total. The Morgan fingerprint density at radius 3 is 2.34 bits per heavy atom. The Balaban J connectivity index is 0.00000300. The molecule has 0 amide bonds. The van der Waals surface area contributed by atoms with Gasteiger partial charge in [0.15, 0.2) is 5.96 Å². The van der Waals surface area contributed by atoms with Gasteiger partial charge in [-0.25, -0.2) is 0 Å². The van der Waals surface area contributed by atoms with Gasteiger partial charge in [-0.05, 0) is 37.3 Å². The molecular formula is C23H40IN5. The summed E-state index contributed by atoms with van der Waals surface area (Å²) in [5.74, 6) is 2.41. The molecule has 2 unspecified atom stereocenters. The smallest absolute Gasteiger partial charge is 0.193 e. The van der Waals surface area contributed by atoms with Crippen LogP contribution in [0.3, 0.4) is 0 Å². The number of aliphatic imine (C=N–C) groups is 1. The summed E-state index contributed by atoms with van der Waals surface area (Å²) in [5.41, 5.74) is 1.49. The molecule has 0 radical (unpaired) electrons. The third kappa shape index (κ3) is 7.10. The number of benzene rings is 1. The number of rotatable bonds is 6. The second-order valence-electron chi connectivity index (χ2n) is 8.24. The number of nitrogens with one attached hydrogen (secondary N) is 1. The molecule has 2 atom stereocenters. The van der Waals surface area contributed by atoms with Gasteiger partial charge < -0.3 is 15.1 Å². The van der Waals surface area contributed by atoms with Crippen molar-refractivity contribution in [3.63, 3.8) is 0 Å². The first kappa shape index (κ1) is 24.4. The second-order valence-corrected chi connectivity index (χ2v) is 8.24. The fraction of sp³-hybridized carbons (Fsp3) is 0.696. The van der Waals surface area contributed by atoms with E-state index in [-0.39, 0.29) is 24.0 Å². The van der Waals surface area contributed by atoms with Gasteiger partial charge in [0.05, 0.1) is 6.54 Å². The van der Waals surface area contributed by atoms with Crippen LogP contribution in [-0.2, 0) is 0 Å². The number of hydrogen-bond acceptors (Lipinski definition) is 3. The van der Waals surface area contributed by atoms with E-state index in [1.54, 1.807) is 0 Å². The molecule has 164 valence electrons. The molecule has 2 fully saturated rings. The number of likely N-dealkylation sites (tertiary alicyclic amines) is 1. The van der Waals surface area contributed by atoms with Crippen molar-refractivity contribution in [2.75, 3.05) is 65.4 Å². The summed E-state index contributed by atoms with van der Waals surface area (Å²) < 4.78 is 0. The highest BCUT2D eigenvalue weighted by Crippen LogP contribution is 2.32. The molecule has 0 aromatic heterocycles. The highest BCUT2D eigenvalue weighted by atomic mass is 127. The number of halogens is 1. The minimum absolute atomic E-state index is 0. The van der Waals surface area contributed by atoms with Crippen LogP contribution in [0.25, 0.3) is 0 Å². The first-order valence-corrected chi connectivity index (χ1v) is 11.2. The van der Waals surface area contributed by atoms with Crippen LogP contribution in [0, 0.1) is 5.92 Å². The van der Waals surface area contributed by atoms with Crippen LogP contribution in [0.15, 0.2) is 35.3 Å². The van der Waals surface area contributed by atoms with Crippen LogP contribution in [0.5, 0.6) is 0 Å². The van der Waals surface area contributed by atoms with Gasteiger partial charge in [-0.15, -0.1) is 24.0 Å². The van der Waals surface area contributed by atoms with Crippen molar-refractivity contribution in [3.8, 4) is 0 Å². The van der Waals surface area contributed by atoms with E-state index in [0.717, 1.165) is 38.7 Å². The van der Waals surface area contributed by atoms with Gasteiger partial charge in [0, 0.05) is 52.4 Å². The average Bonchev–Trinajstić information content (AvgIpc) is 2.74. The molecule has 0 saturated carbocycles. The monoisotopic (exact) mass is 513 g/mol. The third-order valence-corrected chi connectivity index (χ3v) is 6.36. The zero-order chi connectivity index (χ0) is 19.8. The van der Waals surface area contributed by atoms with Crippen molar-refractivity contribution in [3.05, 3.63) is 35.9 Å². The van der Waals surface area contributed by atoms with Crippen LogP contribution in [0.2, 0.25) is 0 Å². The van der Waals surface area contributed by atoms with Crippen LogP contribution < -0.4 is 5.32 Å². The summed E-state index contributed by atoms with van der Waals surface area (Å²) in [6.45, 7) is 17.8. The molecule has 6 heteroatoms. The Morgan fingerprint density at radius 1 is 1.03 bits per heavy atom. The number of piperidine rings is 1. The quantitative estimate of drug-likeness (QED) is 0.360. The summed E-state index contributed by atoms with van der Waals surface area (Å²) in [4.78, 5) is 12.5. The second kappa shape index (κ2) is 12.7. The molecule has 2 aliphatic rings. The van der Waals surface area contributed by atoms with Crippen molar-refractivity contribution in [2.45, 2.75) is 33.1 Å². The van der Waals surface area contributed by atoms with Crippen LogP contribution >= 0.6 is 24.0 Å².